The molecule has 98 valence electrons. The maximum absolute atomic E-state index is 11.8. The van der Waals surface area contributed by atoms with E-state index in [9.17, 15) is 9.59 Å². The number of carbonyl (C=O) groups is 2. The number of aliphatic hydroxyl groups is 1. The van der Waals surface area contributed by atoms with Gasteiger partial charge in [0.2, 0.25) is 0 Å². The third-order valence-corrected chi connectivity index (χ3v) is 2.57. The predicted octanol–water partition coefficient (Wildman–Crippen LogP) is 0.689. The lowest BCUT2D eigenvalue weighted by atomic mass is 10.1. The standard InChI is InChI=1S/C11H19NO5/c1-11(2,3)17-9(14)8-4-7(6-13)5-12(8)10(15)16/h7-8,13H,4-6H2,1-3H3,(H,15,16)/t7-,8+/m1/s1. The van der Waals surface area contributed by atoms with E-state index < -0.39 is 23.7 Å². The van der Waals surface area contributed by atoms with Crippen molar-refractivity contribution in [1.29, 1.82) is 0 Å². The summed E-state index contributed by atoms with van der Waals surface area (Å²) in [7, 11) is 0. The van der Waals surface area contributed by atoms with Gasteiger partial charge in [0.15, 0.2) is 0 Å². The predicted molar refractivity (Wildman–Crippen MR) is 59.6 cm³/mol. The van der Waals surface area contributed by atoms with Gasteiger partial charge in [-0.05, 0) is 27.2 Å². The second-order valence-corrected chi connectivity index (χ2v) is 5.27. The van der Waals surface area contributed by atoms with Gasteiger partial charge in [-0.3, -0.25) is 4.90 Å². The van der Waals surface area contributed by atoms with Crippen molar-refractivity contribution in [3.63, 3.8) is 0 Å². The normalized spacial score (nSPS) is 24.8. The van der Waals surface area contributed by atoms with E-state index >= 15 is 0 Å². The Bertz CT molecular complexity index is 309. The van der Waals surface area contributed by atoms with Crippen LogP contribution in [0.15, 0.2) is 0 Å². The van der Waals surface area contributed by atoms with E-state index in [0.717, 1.165) is 4.90 Å². The van der Waals surface area contributed by atoms with Crippen LogP contribution >= 0.6 is 0 Å². The fourth-order valence-corrected chi connectivity index (χ4v) is 1.86. The second kappa shape index (κ2) is 4.91. The molecule has 0 aromatic rings. The van der Waals surface area contributed by atoms with Crippen molar-refractivity contribution in [2.75, 3.05) is 13.2 Å². The molecule has 6 heteroatoms. The molecule has 1 fully saturated rings. The van der Waals surface area contributed by atoms with Crippen molar-refractivity contribution in [3.05, 3.63) is 0 Å². The Morgan fingerprint density at radius 3 is 2.41 bits per heavy atom. The molecule has 0 aromatic heterocycles. The molecule has 0 unspecified atom stereocenters. The Morgan fingerprint density at radius 2 is 2.00 bits per heavy atom. The SMILES string of the molecule is CC(C)(C)OC(=O)[C@@H]1C[C@@H](CO)CN1C(=O)O. The number of hydrogen-bond acceptors (Lipinski definition) is 4. The van der Waals surface area contributed by atoms with Gasteiger partial charge in [-0.2, -0.15) is 0 Å². The Balaban J connectivity index is 2.73. The molecule has 2 atom stereocenters. The van der Waals surface area contributed by atoms with Gasteiger partial charge >= 0.3 is 12.1 Å². The molecule has 1 rings (SSSR count). The minimum atomic E-state index is -1.16. The van der Waals surface area contributed by atoms with Crippen LogP contribution in [0.5, 0.6) is 0 Å². The molecule has 0 radical (unpaired) electrons. The summed E-state index contributed by atoms with van der Waals surface area (Å²) in [5.41, 5.74) is -0.640. The first-order chi connectivity index (χ1) is 7.74. The third-order valence-electron chi connectivity index (χ3n) is 2.57. The Morgan fingerprint density at radius 1 is 1.41 bits per heavy atom. The van der Waals surface area contributed by atoms with Crippen LogP contribution < -0.4 is 0 Å². The average molecular weight is 245 g/mol. The molecule has 0 aromatic carbocycles. The summed E-state index contributed by atoms with van der Waals surface area (Å²) in [5, 5.41) is 18.0. The van der Waals surface area contributed by atoms with Crippen LogP contribution in [-0.4, -0.2) is 52.0 Å². The summed E-state index contributed by atoms with van der Waals surface area (Å²) < 4.78 is 5.17. The molecule has 1 aliphatic rings. The summed E-state index contributed by atoms with van der Waals surface area (Å²) in [4.78, 5) is 23.8. The van der Waals surface area contributed by atoms with E-state index in [0.29, 0.717) is 6.42 Å². The van der Waals surface area contributed by atoms with Gasteiger partial charge in [0.1, 0.15) is 11.6 Å². The number of aliphatic hydroxyl groups excluding tert-OH is 1. The number of nitrogens with zero attached hydrogens (tertiary/aromatic N) is 1. The van der Waals surface area contributed by atoms with Crippen molar-refractivity contribution >= 4 is 12.1 Å². The van der Waals surface area contributed by atoms with Gasteiger partial charge in [-0.1, -0.05) is 0 Å². The zero-order valence-electron chi connectivity index (χ0n) is 10.3. The Labute approximate surface area is 100 Å². The van der Waals surface area contributed by atoms with Crippen LogP contribution in [-0.2, 0) is 9.53 Å². The van der Waals surface area contributed by atoms with Crippen LogP contribution in [0.1, 0.15) is 27.2 Å². The zero-order chi connectivity index (χ0) is 13.2. The van der Waals surface area contributed by atoms with E-state index in [2.05, 4.69) is 0 Å². The van der Waals surface area contributed by atoms with E-state index in [1.807, 2.05) is 0 Å². The highest BCUT2D eigenvalue weighted by molar-refractivity contribution is 5.81. The van der Waals surface area contributed by atoms with E-state index in [-0.39, 0.29) is 19.1 Å². The van der Waals surface area contributed by atoms with Gasteiger partial charge in [-0.25, -0.2) is 9.59 Å². The summed E-state index contributed by atoms with van der Waals surface area (Å²) in [6, 6.07) is -0.802. The van der Waals surface area contributed by atoms with Crippen LogP contribution in [0.4, 0.5) is 4.79 Å². The number of hydrogen-bond donors (Lipinski definition) is 2. The van der Waals surface area contributed by atoms with Crippen molar-refractivity contribution in [3.8, 4) is 0 Å². The van der Waals surface area contributed by atoms with E-state index in [1.54, 1.807) is 20.8 Å². The minimum Gasteiger partial charge on any atom is -0.465 e. The summed E-state index contributed by atoms with van der Waals surface area (Å²) in [6.45, 7) is 5.25. The molecule has 2 N–H and O–H groups in total. The maximum Gasteiger partial charge on any atom is 0.408 e. The monoisotopic (exact) mass is 245 g/mol. The van der Waals surface area contributed by atoms with Crippen molar-refractivity contribution in [1.82, 2.24) is 4.90 Å². The number of carboxylic acid groups (broad SMARTS) is 1. The zero-order valence-corrected chi connectivity index (χ0v) is 10.3. The quantitative estimate of drug-likeness (QED) is 0.699. The lowest BCUT2D eigenvalue weighted by molar-refractivity contribution is -0.159. The summed E-state index contributed by atoms with van der Waals surface area (Å²) in [6.07, 6.45) is -0.839. The fourth-order valence-electron chi connectivity index (χ4n) is 1.86. The second-order valence-electron chi connectivity index (χ2n) is 5.27. The van der Waals surface area contributed by atoms with Crippen LogP contribution in [0.3, 0.4) is 0 Å². The molecular weight excluding hydrogens is 226 g/mol. The van der Waals surface area contributed by atoms with Crippen molar-refractivity contribution < 1.29 is 24.5 Å². The van der Waals surface area contributed by atoms with Gasteiger partial charge in [0.05, 0.1) is 0 Å². The van der Waals surface area contributed by atoms with Crippen molar-refractivity contribution in [2.24, 2.45) is 5.92 Å². The molecule has 17 heavy (non-hydrogen) atoms. The molecule has 0 saturated carbocycles. The lowest BCUT2D eigenvalue weighted by Gasteiger charge is -2.25. The molecule has 0 spiro atoms. The molecule has 1 aliphatic heterocycles. The van der Waals surface area contributed by atoms with Gasteiger partial charge < -0.3 is 14.9 Å². The van der Waals surface area contributed by atoms with Crippen LogP contribution in [0.2, 0.25) is 0 Å². The number of ether oxygens (including phenoxy) is 1. The molecule has 0 bridgehead atoms. The van der Waals surface area contributed by atoms with Gasteiger partial charge in [-0.15, -0.1) is 0 Å². The van der Waals surface area contributed by atoms with Gasteiger partial charge in [0, 0.05) is 19.1 Å². The largest absolute Gasteiger partial charge is 0.465 e. The van der Waals surface area contributed by atoms with Crippen LogP contribution in [0, 0.1) is 5.92 Å². The lowest BCUT2D eigenvalue weighted by Crippen LogP contribution is -2.42. The topological polar surface area (TPSA) is 87.1 Å². The average Bonchev–Trinajstić information content (AvgIpc) is 2.58. The van der Waals surface area contributed by atoms with Crippen molar-refractivity contribution in [2.45, 2.75) is 38.8 Å². The van der Waals surface area contributed by atoms with E-state index in [4.69, 9.17) is 14.9 Å². The molecule has 1 amide bonds. The number of esters is 1. The Kier molecular flexibility index (Phi) is 3.98. The summed E-state index contributed by atoms with van der Waals surface area (Å²) >= 11 is 0. The molecule has 1 heterocycles. The summed E-state index contributed by atoms with van der Waals surface area (Å²) in [5.74, 6) is -0.737. The highest BCUT2D eigenvalue weighted by atomic mass is 16.6. The first-order valence-corrected chi connectivity index (χ1v) is 5.58. The first-order valence-electron chi connectivity index (χ1n) is 5.58. The minimum absolute atomic E-state index is 0.122. The molecule has 1 saturated heterocycles. The fraction of sp³-hybridized carbons (Fsp3) is 0.818. The Hall–Kier alpha value is -1.30. The molecule has 0 aliphatic carbocycles. The molecular formula is C11H19NO5. The number of amides is 1. The van der Waals surface area contributed by atoms with E-state index in [1.165, 1.54) is 0 Å². The highest BCUT2D eigenvalue weighted by Gasteiger charge is 2.41. The smallest absolute Gasteiger partial charge is 0.408 e. The third kappa shape index (κ3) is 3.59. The maximum atomic E-state index is 11.8. The highest BCUT2D eigenvalue weighted by Crippen LogP contribution is 2.25. The molecule has 6 nitrogen and oxygen atoms in total. The first kappa shape index (κ1) is 13.8. The number of carbonyl (C=O) groups excluding carboxylic acids is 1. The van der Waals surface area contributed by atoms with Crippen LogP contribution in [0.25, 0.3) is 0 Å². The number of rotatable bonds is 2. The number of likely N-dealkylation sites (tertiary alicyclic amines) is 1. The van der Waals surface area contributed by atoms with Gasteiger partial charge in [0.25, 0.3) is 0 Å².